The average Bonchev–Trinajstić information content (AvgIpc) is 2.95. The maximum absolute atomic E-state index is 12.4. The Morgan fingerprint density at radius 3 is 2.68 bits per heavy atom. The summed E-state index contributed by atoms with van der Waals surface area (Å²) in [6.45, 7) is 0. The molecular weight excluding hydrogens is 272 g/mol. The molecule has 0 saturated heterocycles. The van der Waals surface area contributed by atoms with Gasteiger partial charge in [-0.2, -0.15) is 0 Å². The molecule has 2 heteroatoms. The Labute approximate surface area is 131 Å². The molecule has 2 aliphatic carbocycles. The van der Waals surface area contributed by atoms with Gasteiger partial charge in [-0.1, -0.05) is 48.9 Å². The molecule has 4 atom stereocenters. The number of ether oxygens (including phenoxy) is 1. The van der Waals surface area contributed by atoms with Gasteiger partial charge in [0.1, 0.15) is 0 Å². The fraction of sp³-hybridized carbons (Fsp3) is 0.450. The third kappa shape index (κ3) is 2.22. The van der Waals surface area contributed by atoms with Crippen molar-refractivity contribution in [2.45, 2.75) is 31.6 Å². The molecule has 0 spiro atoms. The van der Waals surface area contributed by atoms with Gasteiger partial charge in [0.25, 0.3) is 0 Å². The van der Waals surface area contributed by atoms with Crippen molar-refractivity contribution in [3.63, 3.8) is 0 Å². The molecule has 0 amide bonds. The van der Waals surface area contributed by atoms with Crippen LogP contribution in [0.2, 0.25) is 0 Å². The number of methoxy groups -OCH3 is 1. The Morgan fingerprint density at radius 1 is 1.05 bits per heavy atom. The van der Waals surface area contributed by atoms with Crippen molar-refractivity contribution in [3.05, 3.63) is 48.0 Å². The van der Waals surface area contributed by atoms with E-state index in [2.05, 4.69) is 42.5 Å². The molecule has 114 valence electrons. The summed E-state index contributed by atoms with van der Waals surface area (Å²) in [6, 6.07) is 15.1. The van der Waals surface area contributed by atoms with Gasteiger partial charge in [0.05, 0.1) is 13.0 Å². The lowest BCUT2D eigenvalue weighted by Gasteiger charge is -2.35. The largest absolute Gasteiger partial charge is 0.469 e. The summed E-state index contributed by atoms with van der Waals surface area (Å²) < 4.78 is 5.14. The molecule has 2 nitrogen and oxygen atoms in total. The molecule has 4 rings (SSSR count). The van der Waals surface area contributed by atoms with Crippen LogP contribution in [0, 0.1) is 17.8 Å². The number of benzene rings is 2. The predicted molar refractivity (Wildman–Crippen MR) is 87.6 cm³/mol. The molecule has 0 aromatic heterocycles. The molecule has 2 saturated carbocycles. The first-order valence-electron chi connectivity index (χ1n) is 8.33. The lowest BCUT2D eigenvalue weighted by Crippen LogP contribution is -2.33. The van der Waals surface area contributed by atoms with E-state index in [9.17, 15) is 4.79 Å². The number of carbonyl (C=O) groups excluding carboxylic acids is 1. The van der Waals surface area contributed by atoms with E-state index in [0.717, 1.165) is 12.3 Å². The third-order valence-electron chi connectivity index (χ3n) is 5.79. The number of esters is 1. The highest BCUT2D eigenvalue weighted by Gasteiger charge is 2.46. The van der Waals surface area contributed by atoms with E-state index >= 15 is 0 Å². The molecule has 0 N–H and O–H groups in total. The summed E-state index contributed by atoms with van der Waals surface area (Å²) in [5.74, 6) is 1.67. The number of hydrogen-bond acceptors (Lipinski definition) is 2. The monoisotopic (exact) mass is 294 g/mol. The Hall–Kier alpha value is -1.83. The minimum absolute atomic E-state index is 0.0106. The second kappa shape index (κ2) is 5.42. The van der Waals surface area contributed by atoms with Gasteiger partial charge >= 0.3 is 5.97 Å². The molecular formula is C20H22O2. The number of carbonyl (C=O) groups is 1. The maximum Gasteiger partial charge on any atom is 0.309 e. The Bertz CT molecular complexity index is 706. The van der Waals surface area contributed by atoms with Crippen LogP contribution in [0.1, 0.15) is 37.2 Å². The maximum atomic E-state index is 12.4. The summed E-state index contributed by atoms with van der Waals surface area (Å²) in [6.07, 6.45) is 4.81. The highest BCUT2D eigenvalue weighted by molar-refractivity contribution is 5.83. The fourth-order valence-corrected chi connectivity index (χ4v) is 4.76. The summed E-state index contributed by atoms with van der Waals surface area (Å²) in [5, 5.41) is 2.53. The molecule has 2 bridgehead atoms. The lowest BCUT2D eigenvalue weighted by molar-refractivity contribution is -0.149. The van der Waals surface area contributed by atoms with Crippen LogP contribution in [-0.4, -0.2) is 13.1 Å². The molecule has 2 aromatic rings. The molecule has 2 aromatic carbocycles. The molecule has 2 unspecified atom stereocenters. The first-order valence-corrected chi connectivity index (χ1v) is 8.33. The van der Waals surface area contributed by atoms with Gasteiger partial charge < -0.3 is 4.74 Å². The summed E-state index contributed by atoms with van der Waals surface area (Å²) in [7, 11) is 1.53. The molecule has 2 fully saturated rings. The van der Waals surface area contributed by atoms with Crippen LogP contribution in [0.3, 0.4) is 0 Å². The second-order valence-corrected chi connectivity index (χ2v) is 6.94. The quantitative estimate of drug-likeness (QED) is 0.760. The molecule has 0 aliphatic heterocycles. The van der Waals surface area contributed by atoms with Crippen molar-refractivity contribution in [1.82, 2.24) is 0 Å². The van der Waals surface area contributed by atoms with Gasteiger partial charge in [-0.3, -0.25) is 4.79 Å². The molecule has 0 radical (unpaired) electrons. The van der Waals surface area contributed by atoms with E-state index in [1.165, 1.54) is 42.7 Å². The van der Waals surface area contributed by atoms with Crippen LogP contribution in [0.5, 0.6) is 0 Å². The number of fused-ring (bicyclic) bond motifs is 3. The van der Waals surface area contributed by atoms with Gasteiger partial charge in [0.15, 0.2) is 0 Å². The SMILES string of the molecule is COC(=O)[C@@H]1C2CCC(C2)C[C@H]1c1ccc2ccccc2c1. The lowest BCUT2D eigenvalue weighted by atomic mass is 9.69. The molecule has 2 aliphatic rings. The average molecular weight is 294 g/mol. The van der Waals surface area contributed by atoms with E-state index in [1.807, 2.05) is 0 Å². The Kier molecular flexibility index (Phi) is 3.40. The smallest absolute Gasteiger partial charge is 0.309 e. The van der Waals surface area contributed by atoms with Crippen molar-refractivity contribution in [1.29, 1.82) is 0 Å². The van der Waals surface area contributed by atoms with Gasteiger partial charge in [0, 0.05) is 0 Å². The minimum atomic E-state index is -0.0106. The Morgan fingerprint density at radius 2 is 1.86 bits per heavy atom. The molecule has 22 heavy (non-hydrogen) atoms. The van der Waals surface area contributed by atoms with E-state index in [-0.39, 0.29) is 11.9 Å². The van der Waals surface area contributed by atoms with E-state index in [1.54, 1.807) is 0 Å². The standard InChI is InChI=1S/C20H22O2/c1-22-20(21)19-17-7-6-13(10-17)11-18(19)16-9-8-14-4-2-3-5-15(14)12-16/h2-5,8-9,12-13,17-19H,6-7,10-11H2,1H3/t13?,17?,18-,19+/m0/s1. The van der Waals surface area contributed by atoms with Crippen LogP contribution in [-0.2, 0) is 9.53 Å². The van der Waals surface area contributed by atoms with Gasteiger partial charge in [0.2, 0.25) is 0 Å². The zero-order chi connectivity index (χ0) is 15.1. The highest BCUT2D eigenvalue weighted by atomic mass is 16.5. The van der Waals surface area contributed by atoms with Gasteiger partial charge in [-0.05, 0) is 53.4 Å². The summed E-state index contributed by atoms with van der Waals surface area (Å²) in [5.41, 5.74) is 1.31. The zero-order valence-corrected chi connectivity index (χ0v) is 13.0. The predicted octanol–water partition coefficient (Wildman–Crippen LogP) is 4.53. The highest BCUT2D eigenvalue weighted by Crippen LogP contribution is 2.52. The van der Waals surface area contributed by atoms with Crippen LogP contribution in [0.15, 0.2) is 42.5 Å². The van der Waals surface area contributed by atoms with Crippen molar-refractivity contribution in [3.8, 4) is 0 Å². The van der Waals surface area contributed by atoms with Crippen LogP contribution in [0.25, 0.3) is 10.8 Å². The van der Waals surface area contributed by atoms with Crippen LogP contribution >= 0.6 is 0 Å². The summed E-state index contributed by atoms with van der Waals surface area (Å²) in [4.78, 5) is 12.4. The Balaban J connectivity index is 1.75. The normalized spacial score (nSPS) is 30.4. The topological polar surface area (TPSA) is 26.3 Å². The third-order valence-corrected chi connectivity index (χ3v) is 5.79. The van der Waals surface area contributed by atoms with E-state index in [4.69, 9.17) is 4.74 Å². The number of hydrogen-bond donors (Lipinski definition) is 0. The van der Waals surface area contributed by atoms with Crippen molar-refractivity contribution in [2.24, 2.45) is 17.8 Å². The van der Waals surface area contributed by atoms with Gasteiger partial charge in [-0.25, -0.2) is 0 Å². The first-order chi connectivity index (χ1) is 10.8. The minimum Gasteiger partial charge on any atom is -0.469 e. The van der Waals surface area contributed by atoms with Crippen molar-refractivity contribution in [2.75, 3.05) is 7.11 Å². The van der Waals surface area contributed by atoms with Crippen LogP contribution in [0.4, 0.5) is 0 Å². The number of rotatable bonds is 2. The zero-order valence-electron chi connectivity index (χ0n) is 13.0. The van der Waals surface area contributed by atoms with Crippen molar-refractivity contribution < 1.29 is 9.53 Å². The molecule has 0 heterocycles. The summed E-state index contributed by atoms with van der Waals surface area (Å²) >= 11 is 0. The first kappa shape index (κ1) is 13.8. The fourth-order valence-electron chi connectivity index (χ4n) is 4.76. The van der Waals surface area contributed by atoms with Crippen LogP contribution < -0.4 is 0 Å². The van der Waals surface area contributed by atoms with E-state index < -0.39 is 0 Å². The van der Waals surface area contributed by atoms with Crippen molar-refractivity contribution >= 4 is 16.7 Å². The second-order valence-electron chi connectivity index (χ2n) is 6.94. The van der Waals surface area contributed by atoms with Gasteiger partial charge in [-0.15, -0.1) is 0 Å². The van der Waals surface area contributed by atoms with E-state index in [0.29, 0.717) is 11.8 Å².